The zero-order chi connectivity index (χ0) is 23.1. The van der Waals surface area contributed by atoms with E-state index >= 15 is 0 Å². The summed E-state index contributed by atoms with van der Waals surface area (Å²) in [6.07, 6.45) is 5.53. The minimum absolute atomic E-state index is 0.122. The average Bonchev–Trinajstić information content (AvgIpc) is 2.81. The second-order valence-corrected chi connectivity index (χ2v) is 6.50. The highest BCUT2D eigenvalue weighted by molar-refractivity contribution is 6.01. The summed E-state index contributed by atoms with van der Waals surface area (Å²) in [7, 11) is 2.58. The van der Waals surface area contributed by atoms with Crippen LogP contribution in [0.4, 0.5) is 26.0 Å². The molecule has 0 radical (unpaired) electrons. The Kier molecular flexibility index (Phi) is 7.17. The summed E-state index contributed by atoms with van der Waals surface area (Å²) in [5.74, 6) is -1.72. The number of nitrogens with one attached hydrogen (secondary N) is 2. The van der Waals surface area contributed by atoms with E-state index in [1.165, 1.54) is 38.6 Å². The van der Waals surface area contributed by atoms with Crippen LogP contribution in [0, 0.1) is 11.6 Å². The predicted octanol–water partition coefficient (Wildman–Crippen LogP) is 5.42. The summed E-state index contributed by atoms with van der Waals surface area (Å²) in [6.45, 7) is 3.44. The second kappa shape index (κ2) is 10.2. The Balaban J connectivity index is 1.80. The number of aromatic nitrogens is 1. The van der Waals surface area contributed by atoms with E-state index in [9.17, 15) is 13.6 Å². The monoisotopic (exact) mass is 437 g/mol. The number of methoxy groups -OCH3 is 2. The molecule has 0 fully saturated rings. The topological polar surface area (TPSA) is 72.5 Å². The van der Waals surface area contributed by atoms with Crippen LogP contribution in [0.15, 0.2) is 61.3 Å². The fourth-order valence-electron chi connectivity index (χ4n) is 2.83. The van der Waals surface area contributed by atoms with Crippen molar-refractivity contribution >= 4 is 35.3 Å². The highest BCUT2D eigenvalue weighted by atomic mass is 19.1. The molecule has 0 bridgehead atoms. The molecule has 0 aliphatic carbocycles. The summed E-state index contributed by atoms with van der Waals surface area (Å²) in [5.41, 5.74) is 1.55. The van der Waals surface area contributed by atoms with E-state index in [4.69, 9.17) is 9.47 Å². The van der Waals surface area contributed by atoms with Gasteiger partial charge in [-0.3, -0.25) is 4.79 Å². The Labute approximate surface area is 184 Å². The molecule has 6 nitrogen and oxygen atoms in total. The lowest BCUT2D eigenvalue weighted by Crippen LogP contribution is -2.09. The number of ether oxygens (including phenoxy) is 2. The smallest absolute Gasteiger partial charge is 0.247 e. The van der Waals surface area contributed by atoms with Crippen LogP contribution >= 0.6 is 0 Å². The number of hydrogen-bond acceptors (Lipinski definition) is 5. The van der Waals surface area contributed by atoms with Gasteiger partial charge >= 0.3 is 0 Å². The van der Waals surface area contributed by atoms with E-state index in [1.54, 1.807) is 30.3 Å². The lowest BCUT2D eigenvalue weighted by Gasteiger charge is -2.12. The molecule has 0 spiro atoms. The SMILES string of the molecule is C=CC(=O)Nc1ccccc1Nc1ccc(/C=C/c2c(F)c(OC)cc(OC)c2F)cn1. The number of halogens is 2. The number of carbonyl (C=O) groups excluding carboxylic acids is 1. The van der Waals surface area contributed by atoms with Gasteiger partial charge in [0.1, 0.15) is 5.82 Å². The molecule has 164 valence electrons. The van der Waals surface area contributed by atoms with Crippen molar-refractivity contribution in [2.75, 3.05) is 24.9 Å². The van der Waals surface area contributed by atoms with Crippen molar-refractivity contribution in [3.8, 4) is 11.5 Å². The Bertz CT molecular complexity index is 1130. The van der Waals surface area contributed by atoms with Crippen LogP contribution in [-0.4, -0.2) is 25.1 Å². The number of benzene rings is 2. The molecular weight excluding hydrogens is 416 g/mol. The number of carbonyl (C=O) groups is 1. The van der Waals surface area contributed by atoms with Crippen LogP contribution in [0.5, 0.6) is 11.5 Å². The molecule has 2 N–H and O–H groups in total. The van der Waals surface area contributed by atoms with Crippen molar-refractivity contribution in [2.24, 2.45) is 0 Å². The maximum atomic E-state index is 14.5. The van der Waals surface area contributed by atoms with Gasteiger partial charge in [0.2, 0.25) is 5.91 Å². The highest BCUT2D eigenvalue weighted by Crippen LogP contribution is 2.32. The lowest BCUT2D eigenvalue weighted by molar-refractivity contribution is -0.111. The molecule has 0 atom stereocenters. The molecule has 2 aromatic carbocycles. The minimum atomic E-state index is -0.827. The summed E-state index contributed by atoms with van der Waals surface area (Å²) in [6, 6.07) is 11.7. The van der Waals surface area contributed by atoms with E-state index in [-0.39, 0.29) is 23.0 Å². The van der Waals surface area contributed by atoms with Gasteiger partial charge in [0, 0.05) is 12.3 Å². The van der Waals surface area contributed by atoms with Crippen molar-refractivity contribution < 1.29 is 23.0 Å². The molecule has 0 unspecified atom stereocenters. The van der Waals surface area contributed by atoms with Crippen molar-refractivity contribution in [1.29, 1.82) is 0 Å². The third kappa shape index (κ3) is 5.10. The molecule has 0 aliphatic rings. The van der Waals surface area contributed by atoms with Gasteiger partial charge in [-0.1, -0.05) is 24.8 Å². The highest BCUT2D eigenvalue weighted by Gasteiger charge is 2.18. The molecule has 3 rings (SSSR count). The molecule has 3 aromatic rings. The third-order valence-corrected chi connectivity index (χ3v) is 4.47. The van der Waals surface area contributed by atoms with Crippen LogP contribution in [-0.2, 0) is 4.79 Å². The molecule has 1 heterocycles. The number of nitrogens with zero attached hydrogens (tertiary/aromatic N) is 1. The van der Waals surface area contributed by atoms with E-state index in [0.717, 1.165) is 6.07 Å². The maximum absolute atomic E-state index is 14.5. The van der Waals surface area contributed by atoms with Crippen LogP contribution in [0.3, 0.4) is 0 Å². The molecule has 0 aliphatic heterocycles. The quantitative estimate of drug-likeness (QED) is 0.461. The summed E-state index contributed by atoms with van der Waals surface area (Å²) in [4.78, 5) is 15.9. The Hall–Kier alpha value is -4.20. The first-order chi connectivity index (χ1) is 15.5. The predicted molar refractivity (Wildman–Crippen MR) is 121 cm³/mol. The number of rotatable bonds is 8. The fourth-order valence-corrected chi connectivity index (χ4v) is 2.83. The van der Waals surface area contributed by atoms with Gasteiger partial charge in [-0.2, -0.15) is 0 Å². The zero-order valence-electron chi connectivity index (χ0n) is 17.5. The Morgan fingerprint density at radius 3 is 2.22 bits per heavy atom. The van der Waals surface area contributed by atoms with Crippen LogP contribution in [0.1, 0.15) is 11.1 Å². The van der Waals surface area contributed by atoms with Crippen LogP contribution < -0.4 is 20.1 Å². The summed E-state index contributed by atoms with van der Waals surface area (Å²) >= 11 is 0. The zero-order valence-corrected chi connectivity index (χ0v) is 17.5. The maximum Gasteiger partial charge on any atom is 0.247 e. The standard InChI is InChI=1S/C24H21F2N3O3/c1-4-22(30)29-18-8-6-5-7-17(18)28-21-12-10-15(14-27-21)9-11-16-23(25)19(31-2)13-20(32-3)24(16)26/h4-14H,1H2,2-3H3,(H,27,28)(H,29,30)/b11-9+. The molecular formula is C24H21F2N3O3. The van der Waals surface area contributed by atoms with E-state index in [2.05, 4.69) is 22.2 Å². The Morgan fingerprint density at radius 2 is 1.66 bits per heavy atom. The lowest BCUT2D eigenvalue weighted by atomic mass is 10.1. The number of pyridine rings is 1. The number of anilines is 3. The fraction of sp³-hybridized carbons (Fsp3) is 0.0833. The first-order valence-corrected chi connectivity index (χ1v) is 9.50. The normalized spacial score (nSPS) is 10.6. The molecule has 32 heavy (non-hydrogen) atoms. The molecule has 0 saturated heterocycles. The summed E-state index contributed by atoms with van der Waals surface area (Å²) in [5, 5.41) is 5.82. The number of para-hydroxylation sites is 2. The Morgan fingerprint density at radius 1 is 1.00 bits per heavy atom. The van der Waals surface area contributed by atoms with Gasteiger partial charge in [-0.05, 0) is 42.0 Å². The van der Waals surface area contributed by atoms with Gasteiger partial charge < -0.3 is 20.1 Å². The van der Waals surface area contributed by atoms with Gasteiger partial charge in [0.15, 0.2) is 23.1 Å². The van der Waals surface area contributed by atoms with Gasteiger partial charge in [0.05, 0.1) is 31.2 Å². The van der Waals surface area contributed by atoms with Crippen LogP contribution in [0.25, 0.3) is 12.2 Å². The first kappa shape index (κ1) is 22.5. The minimum Gasteiger partial charge on any atom is -0.494 e. The van der Waals surface area contributed by atoms with Gasteiger partial charge in [-0.15, -0.1) is 0 Å². The van der Waals surface area contributed by atoms with Crippen LogP contribution in [0.2, 0.25) is 0 Å². The van der Waals surface area contributed by atoms with Gasteiger partial charge in [0.25, 0.3) is 0 Å². The molecule has 0 saturated carbocycles. The van der Waals surface area contributed by atoms with E-state index < -0.39 is 11.6 Å². The van der Waals surface area contributed by atoms with Crippen molar-refractivity contribution in [3.63, 3.8) is 0 Å². The van der Waals surface area contributed by atoms with Crippen molar-refractivity contribution in [3.05, 3.63) is 84.1 Å². The van der Waals surface area contributed by atoms with E-state index in [1.807, 2.05) is 6.07 Å². The van der Waals surface area contributed by atoms with Crippen molar-refractivity contribution in [2.45, 2.75) is 0 Å². The van der Waals surface area contributed by atoms with E-state index in [0.29, 0.717) is 22.8 Å². The third-order valence-electron chi connectivity index (χ3n) is 4.47. The van der Waals surface area contributed by atoms with Gasteiger partial charge in [-0.25, -0.2) is 13.8 Å². The summed E-state index contributed by atoms with van der Waals surface area (Å²) < 4.78 is 38.8. The first-order valence-electron chi connectivity index (χ1n) is 9.50. The molecule has 1 amide bonds. The largest absolute Gasteiger partial charge is 0.494 e. The number of amides is 1. The molecule has 1 aromatic heterocycles. The second-order valence-electron chi connectivity index (χ2n) is 6.50. The average molecular weight is 437 g/mol. The van der Waals surface area contributed by atoms with Crippen molar-refractivity contribution in [1.82, 2.24) is 4.98 Å². The molecule has 8 heteroatoms. The number of hydrogen-bond donors (Lipinski definition) is 2.